The predicted octanol–water partition coefficient (Wildman–Crippen LogP) is 2.49. The molecule has 0 radical (unpaired) electrons. The number of ether oxygens (including phenoxy) is 1. The Morgan fingerprint density at radius 1 is 1.30 bits per heavy atom. The van der Waals surface area contributed by atoms with Crippen molar-refractivity contribution in [2.45, 2.75) is 31.7 Å². The van der Waals surface area contributed by atoms with Crippen molar-refractivity contribution in [1.82, 2.24) is 4.98 Å². The summed E-state index contributed by atoms with van der Waals surface area (Å²) in [5.74, 6) is 0.842. The summed E-state index contributed by atoms with van der Waals surface area (Å²) in [6.45, 7) is 2.53. The van der Waals surface area contributed by atoms with Gasteiger partial charge in [-0.2, -0.15) is 0 Å². The molecule has 0 fully saturated rings. The van der Waals surface area contributed by atoms with E-state index >= 15 is 0 Å². The van der Waals surface area contributed by atoms with E-state index in [1.54, 1.807) is 6.20 Å². The highest BCUT2D eigenvalue weighted by molar-refractivity contribution is 5.79. The molecule has 2 rings (SSSR count). The number of pyridine rings is 1. The number of fused-ring (bicyclic) bond motifs is 1. The van der Waals surface area contributed by atoms with Crippen LogP contribution in [0.2, 0.25) is 0 Å². The van der Waals surface area contributed by atoms with E-state index in [1.165, 1.54) is 0 Å². The quantitative estimate of drug-likeness (QED) is 0.761. The first-order valence-electron chi connectivity index (χ1n) is 6.98. The second-order valence-corrected chi connectivity index (χ2v) is 5.48. The third-order valence-electron chi connectivity index (χ3n) is 3.35. The number of hydrogen-bond donors (Lipinski definition) is 2. The Balaban J connectivity index is 1.78. The molecular formula is C16H22N2O2. The van der Waals surface area contributed by atoms with Crippen molar-refractivity contribution >= 4 is 10.9 Å². The average molecular weight is 274 g/mol. The third kappa shape index (κ3) is 4.18. The van der Waals surface area contributed by atoms with Crippen molar-refractivity contribution in [3.63, 3.8) is 0 Å². The molecule has 0 bridgehead atoms. The van der Waals surface area contributed by atoms with Crippen LogP contribution in [0.4, 0.5) is 0 Å². The van der Waals surface area contributed by atoms with Gasteiger partial charge in [0.05, 0.1) is 18.7 Å². The molecule has 0 saturated carbocycles. The average Bonchev–Trinajstić information content (AvgIpc) is 2.46. The van der Waals surface area contributed by atoms with Gasteiger partial charge in [0.2, 0.25) is 0 Å². The Labute approximate surface area is 119 Å². The van der Waals surface area contributed by atoms with Gasteiger partial charge in [0.15, 0.2) is 0 Å². The molecule has 2 aromatic rings. The number of aromatic nitrogens is 1. The van der Waals surface area contributed by atoms with E-state index in [2.05, 4.69) is 4.98 Å². The zero-order valence-electron chi connectivity index (χ0n) is 11.9. The van der Waals surface area contributed by atoms with Crippen molar-refractivity contribution in [3.05, 3.63) is 36.5 Å². The highest BCUT2D eigenvalue weighted by Crippen LogP contribution is 2.19. The summed E-state index contributed by atoms with van der Waals surface area (Å²) in [5, 5.41) is 10.2. The summed E-state index contributed by atoms with van der Waals surface area (Å²) < 4.78 is 5.72. The fourth-order valence-electron chi connectivity index (χ4n) is 2.04. The molecule has 4 nitrogen and oxygen atoms in total. The lowest BCUT2D eigenvalue weighted by atomic mass is 9.97. The highest BCUT2D eigenvalue weighted by atomic mass is 16.5. The van der Waals surface area contributed by atoms with E-state index in [-0.39, 0.29) is 6.61 Å². The number of aliphatic hydroxyl groups excluding tert-OH is 1. The smallest absolute Gasteiger partial charge is 0.121 e. The maximum atomic E-state index is 9.07. The largest absolute Gasteiger partial charge is 0.494 e. The van der Waals surface area contributed by atoms with Gasteiger partial charge in [0.25, 0.3) is 0 Å². The van der Waals surface area contributed by atoms with Crippen molar-refractivity contribution in [2.24, 2.45) is 5.73 Å². The van der Waals surface area contributed by atoms with Crippen molar-refractivity contribution in [3.8, 4) is 5.75 Å². The van der Waals surface area contributed by atoms with Crippen LogP contribution in [0.3, 0.4) is 0 Å². The Kier molecular flexibility index (Phi) is 4.93. The van der Waals surface area contributed by atoms with Gasteiger partial charge in [0, 0.05) is 23.2 Å². The minimum absolute atomic E-state index is 0.0181. The second kappa shape index (κ2) is 6.68. The third-order valence-corrected chi connectivity index (χ3v) is 3.35. The molecular weight excluding hydrogens is 252 g/mol. The van der Waals surface area contributed by atoms with Gasteiger partial charge in [-0.15, -0.1) is 0 Å². The van der Waals surface area contributed by atoms with E-state index in [9.17, 15) is 0 Å². The lowest BCUT2D eigenvalue weighted by Gasteiger charge is -2.21. The fourth-order valence-corrected chi connectivity index (χ4v) is 2.04. The van der Waals surface area contributed by atoms with Crippen LogP contribution in [-0.2, 0) is 0 Å². The van der Waals surface area contributed by atoms with Crippen LogP contribution in [-0.4, -0.2) is 28.8 Å². The molecule has 1 unspecified atom stereocenters. The van der Waals surface area contributed by atoms with Gasteiger partial charge < -0.3 is 15.6 Å². The van der Waals surface area contributed by atoms with E-state index in [0.29, 0.717) is 6.61 Å². The summed E-state index contributed by atoms with van der Waals surface area (Å²) in [4.78, 5) is 4.31. The summed E-state index contributed by atoms with van der Waals surface area (Å²) >= 11 is 0. The number of nitrogens with zero attached hydrogens (tertiary/aromatic N) is 1. The molecule has 0 aliphatic carbocycles. The van der Waals surface area contributed by atoms with Crippen LogP contribution in [0, 0.1) is 0 Å². The summed E-state index contributed by atoms with van der Waals surface area (Å²) in [6.07, 6.45) is 4.45. The summed E-state index contributed by atoms with van der Waals surface area (Å²) in [5.41, 5.74) is 6.34. The summed E-state index contributed by atoms with van der Waals surface area (Å²) in [6, 6.07) is 9.89. The highest BCUT2D eigenvalue weighted by Gasteiger charge is 2.15. The van der Waals surface area contributed by atoms with E-state index in [4.69, 9.17) is 15.6 Å². The molecule has 1 aromatic heterocycles. The van der Waals surface area contributed by atoms with Crippen LogP contribution in [0.25, 0.3) is 10.9 Å². The van der Waals surface area contributed by atoms with Gasteiger partial charge in [-0.3, -0.25) is 4.98 Å². The molecule has 1 atom stereocenters. The molecule has 0 aliphatic rings. The minimum Gasteiger partial charge on any atom is -0.494 e. The standard InChI is InChI=1S/C16H22N2O2/c1-16(17,12-19)8-2-3-10-20-14-7-6-13-5-4-9-18-15(13)11-14/h4-7,9,11,19H,2-3,8,10,12,17H2,1H3. The van der Waals surface area contributed by atoms with Gasteiger partial charge in [-0.25, -0.2) is 0 Å². The normalized spacial score (nSPS) is 14.2. The number of aliphatic hydroxyl groups is 1. The zero-order valence-corrected chi connectivity index (χ0v) is 11.9. The van der Waals surface area contributed by atoms with Crippen molar-refractivity contribution < 1.29 is 9.84 Å². The molecule has 0 saturated heterocycles. The van der Waals surface area contributed by atoms with Crippen molar-refractivity contribution in [1.29, 1.82) is 0 Å². The topological polar surface area (TPSA) is 68.4 Å². The minimum atomic E-state index is -0.479. The van der Waals surface area contributed by atoms with Gasteiger partial charge in [-0.05, 0) is 44.4 Å². The number of unbranched alkanes of at least 4 members (excludes halogenated alkanes) is 1. The monoisotopic (exact) mass is 274 g/mol. The maximum absolute atomic E-state index is 9.07. The van der Waals surface area contributed by atoms with Crippen LogP contribution in [0.15, 0.2) is 36.5 Å². The Morgan fingerprint density at radius 2 is 2.15 bits per heavy atom. The molecule has 0 spiro atoms. The number of nitrogens with two attached hydrogens (primary N) is 1. The molecule has 1 heterocycles. The number of benzene rings is 1. The zero-order chi connectivity index (χ0) is 14.4. The summed E-state index contributed by atoms with van der Waals surface area (Å²) in [7, 11) is 0. The van der Waals surface area contributed by atoms with E-state index < -0.39 is 5.54 Å². The molecule has 20 heavy (non-hydrogen) atoms. The van der Waals surface area contributed by atoms with Gasteiger partial charge >= 0.3 is 0 Å². The van der Waals surface area contributed by atoms with Crippen LogP contribution in [0.1, 0.15) is 26.2 Å². The second-order valence-electron chi connectivity index (χ2n) is 5.48. The first kappa shape index (κ1) is 14.8. The van der Waals surface area contributed by atoms with Crippen molar-refractivity contribution in [2.75, 3.05) is 13.2 Å². The maximum Gasteiger partial charge on any atom is 0.121 e. The first-order chi connectivity index (χ1) is 9.61. The molecule has 1 aromatic carbocycles. The first-order valence-corrected chi connectivity index (χ1v) is 6.98. The lowest BCUT2D eigenvalue weighted by Crippen LogP contribution is -2.39. The van der Waals surface area contributed by atoms with Crippen LogP contribution < -0.4 is 10.5 Å². The predicted molar refractivity (Wildman–Crippen MR) is 80.8 cm³/mol. The fraction of sp³-hybridized carbons (Fsp3) is 0.438. The Bertz CT molecular complexity index is 555. The SMILES string of the molecule is CC(N)(CO)CCCCOc1ccc2cccnc2c1. The Hall–Kier alpha value is -1.65. The van der Waals surface area contributed by atoms with Crippen LogP contribution >= 0.6 is 0 Å². The van der Waals surface area contributed by atoms with E-state index in [1.807, 2.05) is 37.3 Å². The van der Waals surface area contributed by atoms with Gasteiger partial charge in [-0.1, -0.05) is 6.07 Å². The molecule has 108 valence electrons. The Morgan fingerprint density at radius 3 is 2.95 bits per heavy atom. The number of hydrogen-bond acceptors (Lipinski definition) is 4. The molecule has 4 heteroatoms. The van der Waals surface area contributed by atoms with E-state index in [0.717, 1.165) is 35.9 Å². The molecule has 0 aliphatic heterocycles. The number of rotatable bonds is 7. The molecule has 0 amide bonds. The van der Waals surface area contributed by atoms with Gasteiger partial charge in [0.1, 0.15) is 5.75 Å². The van der Waals surface area contributed by atoms with Crippen LogP contribution in [0.5, 0.6) is 5.75 Å². The molecule has 3 N–H and O–H groups in total. The lowest BCUT2D eigenvalue weighted by molar-refractivity contribution is 0.194.